The van der Waals surface area contributed by atoms with Crippen LogP contribution in [0.2, 0.25) is 10.0 Å². The Labute approximate surface area is 136 Å². The predicted octanol–water partition coefficient (Wildman–Crippen LogP) is 3.63. The molecule has 1 aromatic rings. The van der Waals surface area contributed by atoms with Gasteiger partial charge in [0.2, 0.25) is 0 Å². The van der Waals surface area contributed by atoms with Crippen LogP contribution in [0.25, 0.3) is 0 Å². The summed E-state index contributed by atoms with van der Waals surface area (Å²) in [5.41, 5.74) is 1.01. The van der Waals surface area contributed by atoms with E-state index in [-0.39, 0.29) is 6.03 Å². The SMILES string of the molecule is CCCCNC(=O)N1CCN(c2cc(Cl)cc(Cl)c2)CC1. The maximum atomic E-state index is 12.0. The van der Waals surface area contributed by atoms with Crippen LogP contribution in [0.15, 0.2) is 18.2 Å². The highest BCUT2D eigenvalue weighted by Gasteiger charge is 2.21. The predicted molar refractivity (Wildman–Crippen MR) is 88.6 cm³/mol. The Bertz CT molecular complexity index is 468. The maximum absolute atomic E-state index is 12.0. The van der Waals surface area contributed by atoms with Gasteiger partial charge < -0.3 is 15.1 Å². The zero-order valence-electron chi connectivity index (χ0n) is 12.2. The number of nitrogens with one attached hydrogen (secondary N) is 1. The molecule has 6 heteroatoms. The van der Waals surface area contributed by atoms with Crippen molar-refractivity contribution < 1.29 is 4.79 Å². The van der Waals surface area contributed by atoms with Gasteiger partial charge in [0.15, 0.2) is 0 Å². The van der Waals surface area contributed by atoms with E-state index in [1.165, 1.54) is 0 Å². The molecule has 1 N–H and O–H groups in total. The van der Waals surface area contributed by atoms with Gasteiger partial charge in [-0.05, 0) is 24.6 Å². The fraction of sp³-hybridized carbons (Fsp3) is 0.533. The van der Waals surface area contributed by atoms with Crippen LogP contribution in [-0.2, 0) is 0 Å². The number of halogens is 2. The molecule has 0 aliphatic carbocycles. The van der Waals surface area contributed by atoms with Crippen LogP contribution >= 0.6 is 23.2 Å². The Morgan fingerprint density at radius 1 is 1.14 bits per heavy atom. The molecule has 1 aromatic carbocycles. The second-order valence-electron chi connectivity index (χ2n) is 5.19. The molecule has 1 saturated heterocycles. The summed E-state index contributed by atoms with van der Waals surface area (Å²) in [6, 6.07) is 5.58. The van der Waals surface area contributed by atoms with E-state index < -0.39 is 0 Å². The lowest BCUT2D eigenvalue weighted by atomic mass is 10.2. The number of rotatable bonds is 4. The van der Waals surface area contributed by atoms with Gasteiger partial charge >= 0.3 is 6.03 Å². The van der Waals surface area contributed by atoms with E-state index >= 15 is 0 Å². The number of nitrogens with zero attached hydrogens (tertiary/aromatic N) is 2. The van der Waals surface area contributed by atoms with Crippen molar-refractivity contribution in [2.24, 2.45) is 0 Å². The molecule has 1 aliphatic rings. The van der Waals surface area contributed by atoms with Gasteiger partial charge in [0.1, 0.15) is 0 Å². The summed E-state index contributed by atoms with van der Waals surface area (Å²) in [7, 11) is 0. The van der Waals surface area contributed by atoms with E-state index in [1.807, 2.05) is 17.0 Å². The van der Waals surface area contributed by atoms with Crippen molar-refractivity contribution in [1.82, 2.24) is 10.2 Å². The normalized spacial score (nSPS) is 15.2. The summed E-state index contributed by atoms with van der Waals surface area (Å²) in [6.45, 7) is 5.86. The number of benzene rings is 1. The highest BCUT2D eigenvalue weighted by molar-refractivity contribution is 6.35. The first-order valence-electron chi connectivity index (χ1n) is 7.34. The molecular formula is C15H21Cl2N3O. The third-order valence-corrected chi connectivity index (χ3v) is 4.02. The summed E-state index contributed by atoms with van der Waals surface area (Å²) < 4.78 is 0. The molecule has 1 heterocycles. The van der Waals surface area contributed by atoms with Crippen molar-refractivity contribution in [3.8, 4) is 0 Å². The van der Waals surface area contributed by atoms with Gasteiger partial charge in [0.25, 0.3) is 0 Å². The second-order valence-corrected chi connectivity index (χ2v) is 6.06. The number of carbonyl (C=O) groups is 1. The molecule has 4 nitrogen and oxygen atoms in total. The quantitative estimate of drug-likeness (QED) is 0.856. The number of urea groups is 1. The molecule has 0 atom stereocenters. The fourth-order valence-electron chi connectivity index (χ4n) is 2.37. The van der Waals surface area contributed by atoms with Gasteiger partial charge in [-0.25, -0.2) is 4.79 Å². The van der Waals surface area contributed by atoms with E-state index in [9.17, 15) is 4.79 Å². The van der Waals surface area contributed by atoms with E-state index in [0.717, 1.165) is 38.2 Å². The van der Waals surface area contributed by atoms with Crippen molar-refractivity contribution >= 4 is 34.9 Å². The lowest BCUT2D eigenvalue weighted by molar-refractivity contribution is 0.194. The van der Waals surface area contributed by atoms with Crippen molar-refractivity contribution in [3.63, 3.8) is 0 Å². The van der Waals surface area contributed by atoms with E-state index in [0.29, 0.717) is 23.1 Å². The number of amides is 2. The first-order chi connectivity index (χ1) is 10.1. The number of anilines is 1. The average Bonchev–Trinajstić information content (AvgIpc) is 2.46. The Morgan fingerprint density at radius 2 is 1.76 bits per heavy atom. The van der Waals surface area contributed by atoms with Gasteiger partial charge in [-0.2, -0.15) is 0 Å². The van der Waals surface area contributed by atoms with Gasteiger partial charge in [0.05, 0.1) is 0 Å². The highest BCUT2D eigenvalue weighted by atomic mass is 35.5. The lowest BCUT2D eigenvalue weighted by Crippen LogP contribution is -2.52. The number of piperazine rings is 1. The number of hydrogen-bond acceptors (Lipinski definition) is 2. The summed E-state index contributed by atoms with van der Waals surface area (Å²) in [5.74, 6) is 0. The first-order valence-corrected chi connectivity index (χ1v) is 8.09. The van der Waals surface area contributed by atoms with Crippen LogP contribution in [-0.4, -0.2) is 43.7 Å². The van der Waals surface area contributed by atoms with Gasteiger partial charge in [-0.15, -0.1) is 0 Å². The van der Waals surface area contributed by atoms with Crippen molar-refractivity contribution in [3.05, 3.63) is 28.2 Å². The van der Waals surface area contributed by atoms with Crippen molar-refractivity contribution in [2.45, 2.75) is 19.8 Å². The lowest BCUT2D eigenvalue weighted by Gasteiger charge is -2.36. The molecule has 1 fully saturated rings. The third-order valence-electron chi connectivity index (χ3n) is 3.59. The minimum atomic E-state index is 0.0345. The first kappa shape index (κ1) is 16.2. The Balaban J connectivity index is 1.86. The molecule has 0 spiro atoms. The molecule has 0 unspecified atom stereocenters. The molecule has 116 valence electrons. The van der Waals surface area contributed by atoms with Gasteiger partial charge in [-0.3, -0.25) is 0 Å². The molecule has 1 aliphatic heterocycles. The molecular weight excluding hydrogens is 309 g/mol. The van der Waals surface area contributed by atoms with Crippen LogP contribution in [0.1, 0.15) is 19.8 Å². The fourth-order valence-corrected chi connectivity index (χ4v) is 2.89. The summed E-state index contributed by atoms with van der Waals surface area (Å²) in [6.07, 6.45) is 2.11. The van der Waals surface area contributed by atoms with Crippen LogP contribution in [0.4, 0.5) is 10.5 Å². The molecule has 0 bridgehead atoms. The maximum Gasteiger partial charge on any atom is 0.317 e. The van der Waals surface area contributed by atoms with E-state index in [4.69, 9.17) is 23.2 Å². The van der Waals surface area contributed by atoms with Crippen LogP contribution in [0.5, 0.6) is 0 Å². The van der Waals surface area contributed by atoms with E-state index in [1.54, 1.807) is 6.07 Å². The minimum Gasteiger partial charge on any atom is -0.368 e. The standard InChI is InChI=1S/C15H21Cl2N3O/c1-2-3-4-18-15(21)20-7-5-19(6-8-20)14-10-12(16)9-13(17)11-14/h9-11H,2-8H2,1H3,(H,18,21). The Hall–Kier alpha value is -1.13. The average molecular weight is 330 g/mol. The van der Waals surface area contributed by atoms with Crippen LogP contribution in [0, 0.1) is 0 Å². The smallest absolute Gasteiger partial charge is 0.317 e. The third kappa shape index (κ3) is 4.68. The molecule has 2 rings (SSSR count). The largest absolute Gasteiger partial charge is 0.368 e. The Morgan fingerprint density at radius 3 is 2.33 bits per heavy atom. The minimum absolute atomic E-state index is 0.0345. The van der Waals surface area contributed by atoms with Crippen LogP contribution < -0.4 is 10.2 Å². The molecule has 0 saturated carbocycles. The second kappa shape index (κ2) is 7.76. The highest BCUT2D eigenvalue weighted by Crippen LogP contribution is 2.26. The van der Waals surface area contributed by atoms with Crippen LogP contribution in [0.3, 0.4) is 0 Å². The van der Waals surface area contributed by atoms with Gasteiger partial charge in [-0.1, -0.05) is 36.5 Å². The van der Waals surface area contributed by atoms with Crippen molar-refractivity contribution in [2.75, 3.05) is 37.6 Å². The molecule has 21 heavy (non-hydrogen) atoms. The summed E-state index contributed by atoms with van der Waals surface area (Å²) >= 11 is 12.1. The number of carbonyl (C=O) groups excluding carboxylic acids is 1. The molecule has 0 aromatic heterocycles. The topological polar surface area (TPSA) is 35.6 Å². The Kier molecular flexibility index (Phi) is 6.00. The monoisotopic (exact) mass is 329 g/mol. The zero-order chi connectivity index (χ0) is 15.2. The summed E-state index contributed by atoms with van der Waals surface area (Å²) in [5, 5.41) is 4.23. The number of unbranched alkanes of at least 4 members (excludes halogenated alkanes) is 1. The van der Waals surface area contributed by atoms with Gasteiger partial charge in [0, 0.05) is 48.5 Å². The zero-order valence-corrected chi connectivity index (χ0v) is 13.8. The van der Waals surface area contributed by atoms with Crippen molar-refractivity contribution in [1.29, 1.82) is 0 Å². The summed E-state index contributed by atoms with van der Waals surface area (Å²) in [4.78, 5) is 16.0. The number of hydrogen-bond donors (Lipinski definition) is 1. The molecule has 2 amide bonds. The molecule has 0 radical (unpaired) electrons. The van der Waals surface area contributed by atoms with E-state index in [2.05, 4.69) is 17.1 Å².